The van der Waals surface area contributed by atoms with Crippen LogP contribution in [0.3, 0.4) is 0 Å². The number of hydrogen-bond acceptors (Lipinski definition) is 6. The van der Waals surface area contributed by atoms with Crippen molar-refractivity contribution >= 4 is 23.2 Å². The van der Waals surface area contributed by atoms with Crippen molar-refractivity contribution in [1.82, 2.24) is 25.1 Å². The third-order valence-corrected chi connectivity index (χ3v) is 6.27. The van der Waals surface area contributed by atoms with Crippen LogP contribution >= 0.6 is 11.6 Å². The molecule has 1 aliphatic heterocycles. The maximum atomic E-state index is 14.1. The number of carbonyl (C=O) groups excluding carboxylic acids is 1. The molecule has 0 saturated carbocycles. The molecule has 2 N–H and O–H groups in total. The standard InChI is InChI=1S/C25H22ClFN6O2/c1-33-23(31-32-24(33)18-8-9-28-11-21(18)27)12-29-16-5-2-4-15(10-16)25(34)30-22-14-35-13-19-17(22)6-3-7-20(19)26/h2-11,22,29H,12-14H2,1H3,(H,30,34)/t22-/m1/s1. The van der Waals surface area contributed by atoms with E-state index >= 15 is 0 Å². The van der Waals surface area contributed by atoms with Crippen LogP contribution in [0.25, 0.3) is 11.4 Å². The molecule has 35 heavy (non-hydrogen) atoms. The molecule has 1 aliphatic rings. The number of nitrogens with zero attached hydrogens (tertiary/aromatic N) is 4. The zero-order valence-electron chi connectivity index (χ0n) is 18.8. The molecule has 178 valence electrons. The summed E-state index contributed by atoms with van der Waals surface area (Å²) < 4.78 is 21.4. The summed E-state index contributed by atoms with van der Waals surface area (Å²) in [6.07, 6.45) is 2.65. The van der Waals surface area contributed by atoms with Crippen LogP contribution in [0.4, 0.5) is 10.1 Å². The Morgan fingerprint density at radius 1 is 1.23 bits per heavy atom. The van der Waals surface area contributed by atoms with Crippen molar-refractivity contribution in [3.8, 4) is 11.4 Å². The number of ether oxygens (including phenoxy) is 1. The lowest BCUT2D eigenvalue weighted by molar-refractivity contribution is 0.0708. The van der Waals surface area contributed by atoms with Crippen LogP contribution in [-0.2, 0) is 24.9 Å². The molecule has 0 spiro atoms. The number of hydrogen-bond donors (Lipinski definition) is 2. The van der Waals surface area contributed by atoms with Gasteiger partial charge in [0.25, 0.3) is 5.91 Å². The largest absolute Gasteiger partial charge is 0.378 e. The number of nitrogens with one attached hydrogen (secondary N) is 2. The summed E-state index contributed by atoms with van der Waals surface area (Å²) in [5, 5.41) is 15.2. The fourth-order valence-electron chi connectivity index (χ4n) is 4.04. The summed E-state index contributed by atoms with van der Waals surface area (Å²) in [7, 11) is 1.77. The number of carbonyl (C=O) groups is 1. The van der Waals surface area contributed by atoms with Gasteiger partial charge < -0.3 is 19.9 Å². The van der Waals surface area contributed by atoms with E-state index in [0.717, 1.165) is 23.0 Å². The van der Waals surface area contributed by atoms with E-state index in [-0.39, 0.29) is 11.9 Å². The SMILES string of the molecule is Cn1c(CNc2cccc(C(=O)N[C@@H]3COCc4c(Cl)cccc43)c2)nnc1-c1ccncc1F. The van der Waals surface area contributed by atoms with Crippen molar-refractivity contribution < 1.29 is 13.9 Å². The molecule has 2 aromatic heterocycles. The first kappa shape index (κ1) is 22.9. The van der Waals surface area contributed by atoms with Gasteiger partial charge in [-0.05, 0) is 35.9 Å². The van der Waals surface area contributed by atoms with Crippen molar-refractivity contribution in [2.75, 3.05) is 11.9 Å². The molecule has 4 aromatic rings. The third kappa shape index (κ3) is 4.73. The Labute approximate surface area is 206 Å². The molecule has 0 aliphatic carbocycles. The number of anilines is 1. The summed E-state index contributed by atoms with van der Waals surface area (Å²) in [4.78, 5) is 16.8. The monoisotopic (exact) mass is 492 g/mol. The molecule has 2 aromatic carbocycles. The van der Waals surface area contributed by atoms with Crippen molar-refractivity contribution in [1.29, 1.82) is 0 Å². The Bertz CT molecular complexity index is 1390. The van der Waals surface area contributed by atoms with E-state index in [1.54, 1.807) is 35.9 Å². The minimum Gasteiger partial charge on any atom is -0.378 e. The smallest absolute Gasteiger partial charge is 0.251 e. The normalized spacial score (nSPS) is 14.9. The number of fused-ring (bicyclic) bond motifs is 1. The second kappa shape index (κ2) is 9.81. The van der Waals surface area contributed by atoms with Crippen LogP contribution in [0.2, 0.25) is 5.02 Å². The predicted octanol–water partition coefficient (Wildman–Crippen LogP) is 4.28. The van der Waals surface area contributed by atoms with Crippen molar-refractivity contribution in [3.05, 3.63) is 94.3 Å². The molecule has 0 bridgehead atoms. The minimum absolute atomic E-state index is 0.218. The van der Waals surface area contributed by atoms with Gasteiger partial charge in [-0.3, -0.25) is 9.78 Å². The Balaban J connectivity index is 1.27. The van der Waals surface area contributed by atoms with Gasteiger partial charge in [0.15, 0.2) is 17.5 Å². The van der Waals surface area contributed by atoms with Gasteiger partial charge in [-0.1, -0.05) is 29.8 Å². The Kier molecular flexibility index (Phi) is 6.43. The fraction of sp³-hybridized carbons (Fsp3) is 0.200. The quantitative estimate of drug-likeness (QED) is 0.417. The molecule has 1 atom stereocenters. The molecular weight excluding hydrogens is 471 g/mol. The number of pyridine rings is 1. The molecule has 0 unspecified atom stereocenters. The molecule has 5 rings (SSSR count). The number of aromatic nitrogens is 4. The summed E-state index contributed by atoms with van der Waals surface area (Å²) in [5.74, 6) is 0.336. The summed E-state index contributed by atoms with van der Waals surface area (Å²) in [5.41, 5.74) is 3.43. The van der Waals surface area contributed by atoms with E-state index in [1.807, 2.05) is 24.3 Å². The molecule has 1 amide bonds. The molecule has 0 radical (unpaired) electrons. The molecule has 10 heteroatoms. The number of amides is 1. The molecule has 0 fully saturated rings. The number of halogens is 2. The maximum Gasteiger partial charge on any atom is 0.251 e. The van der Waals surface area contributed by atoms with Gasteiger partial charge in [-0.2, -0.15) is 0 Å². The van der Waals surface area contributed by atoms with Crippen molar-refractivity contribution in [2.45, 2.75) is 19.2 Å². The average Bonchev–Trinajstić information content (AvgIpc) is 3.24. The minimum atomic E-state index is -0.463. The van der Waals surface area contributed by atoms with Crippen molar-refractivity contribution in [2.24, 2.45) is 7.05 Å². The zero-order valence-corrected chi connectivity index (χ0v) is 19.6. The molecular formula is C25H22ClFN6O2. The summed E-state index contributed by atoms with van der Waals surface area (Å²) >= 11 is 6.29. The lowest BCUT2D eigenvalue weighted by Gasteiger charge is -2.27. The van der Waals surface area contributed by atoms with E-state index < -0.39 is 5.82 Å². The highest BCUT2D eigenvalue weighted by atomic mass is 35.5. The van der Waals surface area contributed by atoms with Gasteiger partial charge >= 0.3 is 0 Å². The average molecular weight is 493 g/mol. The first-order chi connectivity index (χ1) is 17.0. The topological polar surface area (TPSA) is 94.0 Å². The zero-order chi connectivity index (χ0) is 24.4. The van der Waals surface area contributed by atoms with E-state index in [9.17, 15) is 9.18 Å². The Morgan fingerprint density at radius 3 is 2.94 bits per heavy atom. The van der Waals surface area contributed by atoms with Gasteiger partial charge in [0.05, 0.1) is 37.6 Å². The molecule has 3 heterocycles. The van der Waals surface area contributed by atoms with E-state index in [1.165, 1.54) is 6.20 Å². The lowest BCUT2D eigenvalue weighted by atomic mass is 9.98. The van der Waals surface area contributed by atoms with Crippen LogP contribution in [-0.4, -0.2) is 32.3 Å². The maximum absolute atomic E-state index is 14.1. The van der Waals surface area contributed by atoms with E-state index in [2.05, 4.69) is 25.8 Å². The van der Waals surface area contributed by atoms with Crippen LogP contribution < -0.4 is 10.6 Å². The highest BCUT2D eigenvalue weighted by molar-refractivity contribution is 6.31. The Morgan fingerprint density at radius 2 is 2.09 bits per heavy atom. The summed E-state index contributed by atoms with van der Waals surface area (Å²) in [6, 6.07) is 14.1. The molecule has 0 saturated heterocycles. The Hall–Kier alpha value is -3.82. The first-order valence-electron chi connectivity index (χ1n) is 11.0. The number of rotatable bonds is 6. The van der Waals surface area contributed by atoms with Gasteiger partial charge in [0.2, 0.25) is 0 Å². The number of benzene rings is 2. The molecule has 8 nitrogen and oxygen atoms in total. The second-order valence-electron chi connectivity index (χ2n) is 8.14. The highest BCUT2D eigenvalue weighted by Crippen LogP contribution is 2.30. The van der Waals surface area contributed by atoms with Gasteiger partial charge in [0.1, 0.15) is 0 Å². The highest BCUT2D eigenvalue weighted by Gasteiger charge is 2.24. The van der Waals surface area contributed by atoms with Crippen LogP contribution in [0.5, 0.6) is 0 Å². The van der Waals surface area contributed by atoms with Crippen LogP contribution in [0, 0.1) is 5.82 Å². The second-order valence-corrected chi connectivity index (χ2v) is 8.54. The first-order valence-corrected chi connectivity index (χ1v) is 11.4. The van der Waals surface area contributed by atoms with Crippen molar-refractivity contribution in [3.63, 3.8) is 0 Å². The van der Waals surface area contributed by atoms with Crippen LogP contribution in [0.1, 0.15) is 33.4 Å². The summed E-state index contributed by atoms with van der Waals surface area (Å²) in [6.45, 7) is 1.14. The van der Waals surface area contributed by atoms with Gasteiger partial charge in [-0.25, -0.2) is 4.39 Å². The van der Waals surface area contributed by atoms with Crippen LogP contribution in [0.15, 0.2) is 60.9 Å². The predicted molar refractivity (Wildman–Crippen MR) is 129 cm³/mol. The van der Waals surface area contributed by atoms with Gasteiger partial charge in [-0.15, -0.1) is 10.2 Å². The lowest BCUT2D eigenvalue weighted by Crippen LogP contribution is -2.34. The van der Waals surface area contributed by atoms with E-state index in [4.69, 9.17) is 16.3 Å². The fourth-order valence-corrected chi connectivity index (χ4v) is 4.28. The van der Waals surface area contributed by atoms with E-state index in [0.29, 0.717) is 47.6 Å². The van der Waals surface area contributed by atoms with Gasteiger partial charge in [0, 0.05) is 35.1 Å². The third-order valence-electron chi connectivity index (χ3n) is 5.92.